The Morgan fingerprint density at radius 2 is 1.71 bits per heavy atom. The standard InChI is InChI=1S/C25H29N5O4S/c1-5-30-22(17(4)26-23(32)18-10-7-6-8-11-18)28-29-25(30)35-15-21(31)27-20-13-9-12-19(14-20)24(33)34-16(2)3/h6-14,16-17H,5,15H2,1-4H3,(H,26,32)(H,27,31)/t17-/m1/s1. The average Bonchev–Trinajstić information content (AvgIpc) is 3.26. The second-order valence-corrected chi connectivity index (χ2v) is 8.96. The predicted molar refractivity (Wildman–Crippen MR) is 134 cm³/mol. The molecule has 184 valence electrons. The van der Waals surface area contributed by atoms with E-state index in [0.29, 0.717) is 34.3 Å². The van der Waals surface area contributed by atoms with Gasteiger partial charge in [0.15, 0.2) is 11.0 Å². The number of thioether (sulfide) groups is 1. The molecule has 0 aliphatic rings. The van der Waals surface area contributed by atoms with Gasteiger partial charge >= 0.3 is 5.97 Å². The number of hydrogen-bond donors (Lipinski definition) is 2. The Kier molecular flexibility index (Phi) is 9.02. The molecule has 10 heteroatoms. The summed E-state index contributed by atoms with van der Waals surface area (Å²) in [4.78, 5) is 37.1. The van der Waals surface area contributed by atoms with Crippen molar-refractivity contribution in [2.45, 2.75) is 51.5 Å². The van der Waals surface area contributed by atoms with Crippen LogP contribution in [0.2, 0.25) is 0 Å². The third kappa shape index (κ3) is 7.16. The molecule has 3 rings (SSSR count). The minimum absolute atomic E-state index is 0.101. The molecule has 0 radical (unpaired) electrons. The first-order valence-electron chi connectivity index (χ1n) is 11.3. The van der Waals surface area contributed by atoms with E-state index in [1.54, 1.807) is 50.2 Å². The zero-order valence-corrected chi connectivity index (χ0v) is 21.0. The van der Waals surface area contributed by atoms with Gasteiger partial charge in [0.05, 0.1) is 23.5 Å². The van der Waals surface area contributed by atoms with Gasteiger partial charge in [-0.1, -0.05) is 36.0 Å². The van der Waals surface area contributed by atoms with Gasteiger partial charge in [-0.05, 0) is 58.0 Å². The fourth-order valence-electron chi connectivity index (χ4n) is 3.29. The normalized spacial score (nSPS) is 11.7. The Labute approximate surface area is 208 Å². The van der Waals surface area contributed by atoms with Crippen LogP contribution in [0.1, 0.15) is 60.3 Å². The van der Waals surface area contributed by atoms with Crippen LogP contribution in [0.3, 0.4) is 0 Å². The van der Waals surface area contributed by atoms with Gasteiger partial charge in [0.2, 0.25) is 5.91 Å². The lowest BCUT2D eigenvalue weighted by Gasteiger charge is -2.15. The summed E-state index contributed by atoms with van der Waals surface area (Å²) >= 11 is 1.24. The van der Waals surface area contributed by atoms with Crippen molar-refractivity contribution in [2.24, 2.45) is 0 Å². The molecule has 2 aromatic carbocycles. The van der Waals surface area contributed by atoms with Crippen molar-refractivity contribution in [2.75, 3.05) is 11.1 Å². The lowest BCUT2D eigenvalue weighted by molar-refractivity contribution is -0.113. The van der Waals surface area contributed by atoms with Gasteiger partial charge in [-0.15, -0.1) is 10.2 Å². The Bertz CT molecular complexity index is 1180. The molecular formula is C25H29N5O4S. The van der Waals surface area contributed by atoms with E-state index in [0.717, 1.165) is 0 Å². The predicted octanol–water partition coefficient (Wildman–Crippen LogP) is 4.09. The van der Waals surface area contributed by atoms with Crippen molar-refractivity contribution in [3.8, 4) is 0 Å². The Hall–Kier alpha value is -3.66. The second-order valence-electron chi connectivity index (χ2n) is 8.02. The number of nitrogens with one attached hydrogen (secondary N) is 2. The monoisotopic (exact) mass is 495 g/mol. The van der Waals surface area contributed by atoms with Crippen LogP contribution < -0.4 is 10.6 Å². The van der Waals surface area contributed by atoms with Crippen molar-refractivity contribution in [3.05, 3.63) is 71.5 Å². The zero-order chi connectivity index (χ0) is 25.4. The summed E-state index contributed by atoms with van der Waals surface area (Å²) in [5.74, 6) is -0.179. The zero-order valence-electron chi connectivity index (χ0n) is 20.1. The molecule has 0 spiro atoms. The van der Waals surface area contributed by atoms with Crippen molar-refractivity contribution in [3.63, 3.8) is 0 Å². The summed E-state index contributed by atoms with van der Waals surface area (Å²) in [5.41, 5.74) is 1.43. The number of rotatable bonds is 10. The van der Waals surface area contributed by atoms with E-state index in [2.05, 4.69) is 20.8 Å². The van der Waals surface area contributed by atoms with Crippen molar-refractivity contribution >= 4 is 35.2 Å². The summed E-state index contributed by atoms with van der Waals surface area (Å²) in [5, 5.41) is 14.8. The molecule has 2 amide bonds. The quantitative estimate of drug-likeness (QED) is 0.322. The number of nitrogens with zero attached hydrogens (tertiary/aromatic N) is 3. The summed E-state index contributed by atoms with van der Waals surface area (Å²) in [6, 6.07) is 15.2. The first kappa shape index (κ1) is 26.0. The smallest absolute Gasteiger partial charge is 0.338 e. The van der Waals surface area contributed by atoms with Gasteiger partial charge in [0, 0.05) is 17.8 Å². The molecular weight excluding hydrogens is 466 g/mol. The number of ether oxygens (including phenoxy) is 1. The highest BCUT2D eigenvalue weighted by Gasteiger charge is 2.20. The number of aromatic nitrogens is 3. The van der Waals surface area contributed by atoms with Crippen LogP contribution in [-0.2, 0) is 16.1 Å². The number of amides is 2. The van der Waals surface area contributed by atoms with E-state index >= 15 is 0 Å². The van der Waals surface area contributed by atoms with E-state index in [9.17, 15) is 14.4 Å². The maximum absolute atomic E-state index is 12.5. The molecule has 1 atom stereocenters. The van der Waals surface area contributed by atoms with Gasteiger partial charge < -0.3 is 19.9 Å². The largest absolute Gasteiger partial charge is 0.459 e. The number of carbonyl (C=O) groups excluding carboxylic acids is 3. The Morgan fingerprint density at radius 1 is 1.00 bits per heavy atom. The van der Waals surface area contributed by atoms with Crippen LogP contribution >= 0.6 is 11.8 Å². The number of esters is 1. The van der Waals surface area contributed by atoms with Crippen LogP contribution in [0, 0.1) is 0 Å². The SMILES string of the molecule is CCn1c(SCC(=O)Nc2cccc(C(=O)OC(C)C)c2)nnc1[C@@H](C)NC(=O)c1ccccc1. The average molecular weight is 496 g/mol. The van der Waals surface area contributed by atoms with E-state index in [-0.39, 0.29) is 29.7 Å². The lowest BCUT2D eigenvalue weighted by atomic mass is 10.2. The molecule has 1 heterocycles. The van der Waals surface area contributed by atoms with Gasteiger partial charge in [-0.3, -0.25) is 9.59 Å². The van der Waals surface area contributed by atoms with Crippen LogP contribution in [-0.4, -0.2) is 44.4 Å². The van der Waals surface area contributed by atoms with E-state index in [1.165, 1.54) is 11.8 Å². The van der Waals surface area contributed by atoms with Crippen LogP contribution in [0.25, 0.3) is 0 Å². The third-order valence-electron chi connectivity index (χ3n) is 4.89. The van der Waals surface area contributed by atoms with E-state index < -0.39 is 5.97 Å². The van der Waals surface area contributed by atoms with Crippen molar-refractivity contribution in [1.29, 1.82) is 0 Å². The Balaban J connectivity index is 1.60. The first-order valence-corrected chi connectivity index (χ1v) is 12.3. The minimum Gasteiger partial charge on any atom is -0.459 e. The summed E-state index contributed by atoms with van der Waals surface area (Å²) in [6.45, 7) is 7.93. The van der Waals surface area contributed by atoms with Crippen LogP contribution in [0.15, 0.2) is 59.8 Å². The molecule has 0 unspecified atom stereocenters. The third-order valence-corrected chi connectivity index (χ3v) is 5.86. The van der Waals surface area contributed by atoms with E-state index in [4.69, 9.17) is 4.74 Å². The maximum atomic E-state index is 12.5. The van der Waals surface area contributed by atoms with Crippen molar-refractivity contribution in [1.82, 2.24) is 20.1 Å². The topological polar surface area (TPSA) is 115 Å². The van der Waals surface area contributed by atoms with Gasteiger partial charge in [-0.2, -0.15) is 0 Å². The van der Waals surface area contributed by atoms with Crippen molar-refractivity contribution < 1.29 is 19.1 Å². The number of hydrogen-bond acceptors (Lipinski definition) is 7. The fraction of sp³-hybridized carbons (Fsp3) is 0.320. The highest BCUT2D eigenvalue weighted by Crippen LogP contribution is 2.21. The summed E-state index contributed by atoms with van der Waals surface area (Å²) in [7, 11) is 0. The number of carbonyl (C=O) groups is 3. The van der Waals surface area contributed by atoms with Crippen LogP contribution in [0.5, 0.6) is 0 Å². The highest BCUT2D eigenvalue weighted by molar-refractivity contribution is 7.99. The molecule has 0 saturated carbocycles. The second kappa shape index (κ2) is 12.2. The number of benzene rings is 2. The van der Waals surface area contributed by atoms with E-state index in [1.807, 2.05) is 36.6 Å². The van der Waals surface area contributed by atoms with Gasteiger partial charge in [-0.25, -0.2) is 4.79 Å². The summed E-state index contributed by atoms with van der Waals surface area (Å²) < 4.78 is 7.07. The molecule has 2 N–H and O–H groups in total. The fourth-order valence-corrected chi connectivity index (χ4v) is 4.10. The van der Waals surface area contributed by atoms with Gasteiger partial charge in [0.1, 0.15) is 0 Å². The molecule has 35 heavy (non-hydrogen) atoms. The lowest BCUT2D eigenvalue weighted by Crippen LogP contribution is -2.28. The molecule has 0 aliphatic carbocycles. The minimum atomic E-state index is -0.442. The molecule has 1 aromatic heterocycles. The first-order chi connectivity index (χ1) is 16.8. The number of anilines is 1. The molecule has 3 aromatic rings. The maximum Gasteiger partial charge on any atom is 0.338 e. The van der Waals surface area contributed by atoms with Gasteiger partial charge in [0.25, 0.3) is 5.91 Å². The van der Waals surface area contributed by atoms with Crippen LogP contribution in [0.4, 0.5) is 5.69 Å². The molecule has 0 aliphatic heterocycles. The molecule has 0 bridgehead atoms. The molecule has 0 saturated heterocycles. The molecule has 0 fully saturated rings. The summed E-state index contributed by atoms with van der Waals surface area (Å²) in [6.07, 6.45) is -0.229. The Morgan fingerprint density at radius 3 is 2.40 bits per heavy atom. The molecule has 9 nitrogen and oxygen atoms in total. The highest BCUT2D eigenvalue weighted by atomic mass is 32.2.